The number of esters is 1. The molecule has 2 saturated carbocycles. The summed E-state index contributed by atoms with van der Waals surface area (Å²) in [6.07, 6.45) is 5.34. The number of hydrogen-bond donors (Lipinski definition) is 0. The lowest BCUT2D eigenvalue weighted by Crippen LogP contribution is -2.45. The Kier molecular flexibility index (Phi) is 3.35. The molecule has 0 unspecified atom stereocenters. The van der Waals surface area contributed by atoms with Crippen LogP contribution in [0.25, 0.3) is 0 Å². The third kappa shape index (κ3) is 2.07. The maximum atomic E-state index is 13.0. The number of ether oxygens (including phenoxy) is 1. The van der Waals surface area contributed by atoms with E-state index in [0.717, 1.165) is 11.3 Å². The minimum absolute atomic E-state index is 0.142. The normalized spacial score (nSPS) is 37.4. The summed E-state index contributed by atoms with van der Waals surface area (Å²) in [7, 11) is 0. The fraction of sp³-hybridized carbons (Fsp3) is 0.450. The number of imide groups is 1. The summed E-state index contributed by atoms with van der Waals surface area (Å²) in [4.78, 5) is 39.7. The van der Waals surface area contributed by atoms with Crippen LogP contribution in [0.3, 0.4) is 0 Å². The Bertz CT molecular complexity index is 829. The smallest absolute Gasteiger partial charge is 0.334 e. The molecule has 2 bridgehead atoms. The summed E-state index contributed by atoms with van der Waals surface area (Å²) in [6.45, 7) is 1.54. The van der Waals surface area contributed by atoms with Crippen LogP contribution in [-0.2, 0) is 14.4 Å². The molecule has 6 rings (SSSR count). The average molecular weight is 372 g/mol. The van der Waals surface area contributed by atoms with Crippen molar-refractivity contribution in [2.24, 2.45) is 35.5 Å². The monoisotopic (exact) mass is 371 g/mol. The third-order valence-electron chi connectivity index (χ3n) is 6.47. The summed E-state index contributed by atoms with van der Waals surface area (Å²) in [6, 6.07) is 5.67. The molecule has 5 aliphatic rings. The molecule has 3 fully saturated rings. The van der Waals surface area contributed by atoms with Crippen molar-refractivity contribution in [2.75, 3.05) is 0 Å². The highest BCUT2D eigenvalue weighted by atomic mass is 35.5. The summed E-state index contributed by atoms with van der Waals surface area (Å²) in [5.74, 6) is -0.141. The van der Waals surface area contributed by atoms with E-state index in [2.05, 4.69) is 12.2 Å². The van der Waals surface area contributed by atoms with Crippen LogP contribution >= 0.6 is 11.6 Å². The van der Waals surface area contributed by atoms with E-state index in [9.17, 15) is 14.4 Å². The minimum atomic E-state index is -0.965. The minimum Gasteiger partial charge on any atom is -0.423 e. The number of amides is 2. The summed E-state index contributed by atoms with van der Waals surface area (Å²) in [5, 5.41) is 0.308. The van der Waals surface area contributed by atoms with Gasteiger partial charge in [-0.2, -0.15) is 0 Å². The highest BCUT2D eigenvalue weighted by Crippen LogP contribution is 2.65. The van der Waals surface area contributed by atoms with Gasteiger partial charge < -0.3 is 4.74 Å². The van der Waals surface area contributed by atoms with E-state index in [1.807, 2.05) is 0 Å². The molecule has 0 spiro atoms. The number of benzene rings is 1. The molecule has 4 aliphatic carbocycles. The third-order valence-corrected chi connectivity index (χ3v) is 6.78. The molecule has 1 aromatic carbocycles. The number of nitrogens with zero attached hydrogens (tertiary/aromatic N) is 1. The van der Waals surface area contributed by atoms with Crippen LogP contribution in [0.4, 0.5) is 0 Å². The molecule has 1 saturated heterocycles. The van der Waals surface area contributed by atoms with Gasteiger partial charge in [0.05, 0.1) is 16.9 Å². The average Bonchev–Trinajstić information content (AvgIpc) is 3.41. The molecule has 6 heteroatoms. The van der Waals surface area contributed by atoms with Crippen LogP contribution in [0.1, 0.15) is 13.3 Å². The number of likely N-dealkylation sites (tertiary alicyclic amines) is 1. The van der Waals surface area contributed by atoms with Gasteiger partial charge in [0.1, 0.15) is 11.8 Å². The molecule has 0 N–H and O–H groups in total. The molecule has 1 heterocycles. The number of carbonyl (C=O) groups is 3. The lowest BCUT2D eigenvalue weighted by Gasteiger charge is -2.37. The SMILES string of the molecule is C[C@@H](C(=O)Oc1ccccc1Cl)N1C(=O)[C@@H]2[C@@H]3C=C[C@H]([C@H]4C[C@H]34)[C@@H]2C1=O. The van der Waals surface area contributed by atoms with Crippen molar-refractivity contribution in [3.63, 3.8) is 0 Å². The first-order chi connectivity index (χ1) is 12.5. The predicted octanol–water partition coefficient (Wildman–Crippen LogP) is 2.69. The Morgan fingerprint density at radius 1 is 1.12 bits per heavy atom. The van der Waals surface area contributed by atoms with Gasteiger partial charge in [-0.05, 0) is 49.1 Å². The van der Waals surface area contributed by atoms with Gasteiger partial charge in [0.15, 0.2) is 0 Å². The number of halogens is 1. The molecule has 0 radical (unpaired) electrons. The Hall–Kier alpha value is -2.14. The van der Waals surface area contributed by atoms with Crippen LogP contribution in [0.15, 0.2) is 36.4 Å². The van der Waals surface area contributed by atoms with Crippen molar-refractivity contribution in [3.8, 4) is 5.75 Å². The number of para-hydroxylation sites is 1. The number of hydrogen-bond acceptors (Lipinski definition) is 4. The van der Waals surface area contributed by atoms with E-state index >= 15 is 0 Å². The van der Waals surface area contributed by atoms with Crippen molar-refractivity contribution in [1.82, 2.24) is 4.90 Å². The van der Waals surface area contributed by atoms with Crippen molar-refractivity contribution in [3.05, 3.63) is 41.4 Å². The standard InChI is InChI=1S/C20H18ClNO4/c1-9(20(25)26-15-5-3-2-4-14(15)21)22-18(23)16-10-6-7-11(13-8-12(10)13)17(16)19(22)24/h2-7,9-13,16-17H,8H2,1H3/t9-,10+,11+,12+,13+,16-,17+/m0/s1. The molecule has 7 atom stereocenters. The van der Waals surface area contributed by atoms with E-state index in [0.29, 0.717) is 16.9 Å². The first-order valence-electron chi connectivity index (χ1n) is 9.00. The zero-order valence-electron chi connectivity index (χ0n) is 14.2. The van der Waals surface area contributed by atoms with E-state index in [1.165, 1.54) is 0 Å². The Morgan fingerprint density at radius 2 is 1.69 bits per heavy atom. The number of rotatable bonds is 3. The second-order valence-corrected chi connectivity index (χ2v) is 8.14. The maximum Gasteiger partial charge on any atom is 0.334 e. The zero-order chi connectivity index (χ0) is 18.2. The highest BCUT2D eigenvalue weighted by molar-refractivity contribution is 6.32. The molecule has 134 valence electrons. The molecule has 2 amide bonds. The van der Waals surface area contributed by atoms with Crippen LogP contribution in [0, 0.1) is 35.5 Å². The van der Waals surface area contributed by atoms with Gasteiger partial charge >= 0.3 is 5.97 Å². The van der Waals surface area contributed by atoms with Gasteiger partial charge in [0.2, 0.25) is 11.8 Å². The fourth-order valence-electron chi connectivity index (χ4n) is 5.19. The lowest BCUT2D eigenvalue weighted by molar-refractivity contribution is -0.152. The number of carbonyl (C=O) groups excluding carboxylic acids is 3. The predicted molar refractivity (Wildman–Crippen MR) is 93.1 cm³/mol. The lowest BCUT2D eigenvalue weighted by atomic mass is 9.63. The first-order valence-corrected chi connectivity index (χ1v) is 9.38. The fourth-order valence-corrected chi connectivity index (χ4v) is 5.36. The largest absolute Gasteiger partial charge is 0.423 e. The van der Waals surface area contributed by atoms with Gasteiger partial charge in [-0.1, -0.05) is 35.9 Å². The number of allylic oxidation sites excluding steroid dienone is 2. The van der Waals surface area contributed by atoms with Crippen LogP contribution < -0.4 is 4.74 Å². The Labute approximate surface area is 155 Å². The first kappa shape index (κ1) is 16.1. The van der Waals surface area contributed by atoms with Gasteiger partial charge in [-0.25, -0.2) is 4.79 Å². The van der Waals surface area contributed by atoms with E-state index in [-0.39, 0.29) is 41.2 Å². The van der Waals surface area contributed by atoms with Crippen molar-refractivity contribution in [1.29, 1.82) is 0 Å². The summed E-state index contributed by atoms with van der Waals surface area (Å²) < 4.78 is 5.34. The van der Waals surface area contributed by atoms with Crippen molar-refractivity contribution < 1.29 is 19.1 Å². The Morgan fingerprint density at radius 3 is 2.27 bits per heavy atom. The van der Waals surface area contributed by atoms with E-state index < -0.39 is 12.0 Å². The molecule has 26 heavy (non-hydrogen) atoms. The van der Waals surface area contributed by atoms with Crippen LogP contribution in [0.5, 0.6) is 5.75 Å². The quantitative estimate of drug-likeness (QED) is 0.354. The second kappa shape index (κ2) is 5.43. The van der Waals surface area contributed by atoms with E-state index in [1.54, 1.807) is 31.2 Å². The van der Waals surface area contributed by atoms with Crippen molar-refractivity contribution >= 4 is 29.4 Å². The molecule has 1 aliphatic heterocycles. The van der Waals surface area contributed by atoms with Crippen LogP contribution in [-0.4, -0.2) is 28.7 Å². The molecule has 1 aromatic rings. The second-order valence-electron chi connectivity index (χ2n) is 7.73. The van der Waals surface area contributed by atoms with Crippen molar-refractivity contribution in [2.45, 2.75) is 19.4 Å². The van der Waals surface area contributed by atoms with Crippen LogP contribution in [0.2, 0.25) is 5.02 Å². The molecule has 5 nitrogen and oxygen atoms in total. The maximum absolute atomic E-state index is 13.0. The highest BCUT2D eigenvalue weighted by Gasteiger charge is 2.67. The molecular formula is C20H18ClNO4. The van der Waals surface area contributed by atoms with Gasteiger partial charge in [-0.15, -0.1) is 0 Å². The Balaban J connectivity index is 1.39. The van der Waals surface area contributed by atoms with Gasteiger partial charge in [0.25, 0.3) is 0 Å². The zero-order valence-corrected chi connectivity index (χ0v) is 14.9. The molecule has 0 aromatic heterocycles. The van der Waals surface area contributed by atoms with Gasteiger partial charge in [0, 0.05) is 0 Å². The van der Waals surface area contributed by atoms with E-state index in [4.69, 9.17) is 16.3 Å². The molecular weight excluding hydrogens is 354 g/mol. The summed E-state index contributed by atoms with van der Waals surface area (Å²) >= 11 is 6.02. The van der Waals surface area contributed by atoms with Gasteiger partial charge in [-0.3, -0.25) is 14.5 Å². The summed E-state index contributed by atoms with van der Waals surface area (Å²) in [5.41, 5.74) is 0. The topological polar surface area (TPSA) is 63.7 Å².